The zero-order valence-corrected chi connectivity index (χ0v) is 10.5. The van der Waals surface area contributed by atoms with Gasteiger partial charge in [0.15, 0.2) is 0 Å². The molecule has 0 radical (unpaired) electrons. The van der Waals surface area contributed by atoms with E-state index in [1.807, 2.05) is 0 Å². The first-order chi connectivity index (χ1) is 9.43. The molecule has 0 aliphatic heterocycles. The molecule has 1 aliphatic carbocycles. The van der Waals surface area contributed by atoms with E-state index in [-0.39, 0.29) is 5.62 Å². The van der Waals surface area contributed by atoms with Gasteiger partial charge in [0.25, 0.3) is 5.62 Å². The van der Waals surface area contributed by atoms with Gasteiger partial charge in [-0.05, 0) is 18.9 Å². The molecule has 108 valence electrons. The highest BCUT2D eigenvalue weighted by Crippen LogP contribution is 2.25. The fourth-order valence-electron chi connectivity index (χ4n) is 1.72. The average Bonchev–Trinajstić information content (AvgIpc) is 2.43. The van der Waals surface area contributed by atoms with Crippen molar-refractivity contribution in [2.24, 2.45) is 11.8 Å². The number of nitrogens with zero attached hydrogens (tertiary/aromatic N) is 2. The summed E-state index contributed by atoms with van der Waals surface area (Å²) in [6.07, 6.45) is 6.87. The molecule has 0 saturated heterocycles. The van der Waals surface area contributed by atoms with E-state index >= 15 is 0 Å². The number of allylic oxidation sites excluding steroid dienone is 2. The standard InChI is InChI=1S/C8H10O4.C4H5N3O/c9-7(10)5-3-1-2-4-6(5)8(11)12;5-4-6-2-1-3-7(4)8/h1-2,5-6H,3-4H2,(H,9,10)(H,11,12);1-3,5,8H/t5-,6-;/m1./s1. The lowest BCUT2D eigenvalue weighted by Crippen LogP contribution is -2.30. The van der Waals surface area contributed by atoms with Crippen LogP contribution in [0, 0.1) is 17.2 Å². The minimum atomic E-state index is -1.02. The summed E-state index contributed by atoms with van der Waals surface area (Å²) >= 11 is 0. The maximum Gasteiger partial charge on any atom is 0.307 e. The third-order valence-electron chi connectivity index (χ3n) is 2.79. The maximum absolute atomic E-state index is 10.6. The SMILES string of the molecule is N=c1ncccn1O.O=C(O)[C@@H]1CC=CC[C@H]1C(=O)O. The summed E-state index contributed by atoms with van der Waals surface area (Å²) in [5.41, 5.74) is -0.160. The number of hydrogen-bond acceptors (Lipinski definition) is 5. The third kappa shape index (κ3) is 4.23. The second kappa shape index (κ2) is 7.07. The van der Waals surface area contributed by atoms with E-state index in [0.29, 0.717) is 17.6 Å². The predicted molar refractivity (Wildman–Crippen MR) is 65.9 cm³/mol. The Morgan fingerprint density at radius 2 is 1.70 bits per heavy atom. The van der Waals surface area contributed by atoms with E-state index in [2.05, 4.69) is 4.98 Å². The number of carboxylic acid groups (broad SMARTS) is 2. The van der Waals surface area contributed by atoms with Crippen molar-refractivity contribution in [1.82, 2.24) is 9.71 Å². The lowest BCUT2D eigenvalue weighted by molar-refractivity contribution is -0.153. The van der Waals surface area contributed by atoms with Crippen molar-refractivity contribution in [3.63, 3.8) is 0 Å². The molecule has 0 amide bonds. The summed E-state index contributed by atoms with van der Waals surface area (Å²) in [4.78, 5) is 24.6. The highest BCUT2D eigenvalue weighted by molar-refractivity contribution is 5.80. The summed E-state index contributed by atoms with van der Waals surface area (Å²) in [6, 6.07) is 1.54. The Kier molecular flexibility index (Phi) is 5.45. The smallest absolute Gasteiger partial charge is 0.307 e. The second-order valence-corrected chi connectivity index (χ2v) is 4.12. The van der Waals surface area contributed by atoms with Gasteiger partial charge in [0.05, 0.1) is 11.8 Å². The van der Waals surface area contributed by atoms with E-state index in [4.69, 9.17) is 20.8 Å². The Hall–Kier alpha value is -2.64. The molecule has 2 rings (SSSR count). The van der Waals surface area contributed by atoms with Gasteiger partial charge in [-0.3, -0.25) is 15.0 Å². The highest BCUT2D eigenvalue weighted by Gasteiger charge is 2.33. The van der Waals surface area contributed by atoms with Crippen molar-refractivity contribution in [2.75, 3.05) is 0 Å². The Labute approximate surface area is 114 Å². The van der Waals surface area contributed by atoms with E-state index in [9.17, 15) is 9.59 Å². The summed E-state index contributed by atoms with van der Waals surface area (Å²) < 4.78 is 0.639. The molecule has 2 atom stereocenters. The molecule has 8 heteroatoms. The summed E-state index contributed by atoms with van der Waals surface area (Å²) in [5.74, 6) is -3.56. The second-order valence-electron chi connectivity index (χ2n) is 4.12. The molecule has 1 heterocycles. The quantitative estimate of drug-likeness (QED) is 0.455. The number of carbonyl (C=O) groups is 2. The minimum Gasteiger partial charge on any atom is -0.481 e. The van der Waals surface area contributed by atoms with Gasteiger partial charge in [-0.15, -0.1) is 0 Å². The molecule has 0 spiro atoms. The number of aromatic nitrogens is 2. The van der Waals surface area contributed by atoms with Crippen molar-refractivity contribution in [3.8, 4) is 0 Å². The van der Waals surface area contributed by atoms with E-state index in [0.717, 1.165) is 0 Å². The molecular formula is C12H15N3O5. The first-order valence-corrected chi connectivity index (χ1v) is 5.81. The Morgan fingerprint density at radius 3 is 2.00 bits per heavy atom. The zero-order chi connectivity index (χ0) is 15.1. The van der Waals surface area contributed by atoms with Gasteiger partial charge in [0.2, 0.25) is 0 Å². The first-order valence-electron chi connectivity index (χ1n) is 5.81. The zero-order valence-electron chi connectivity index (χ0n) is 10.5. The molecule has 1 aliphatic rings. The van der Waals surface area contributed by atoms with Crippen LogP contribution in [0.15, 0.2) is 30.6 Å². The molecule has 8 nitrogen and oxygen atoms in total. The third-order valence-corrected chi connectivity index (χ3v) is 2.79. The Balaban J connectivity index is 0.000000217. The monoisotopic (exact) mass is 281 g/mol. The largest absolute Gasteiger partial charge is 0.481 e. The van der Waals surface area contributed by atoms with Crippen LogP contribution in [0.25, 0.3) is 0 Å². The summed E-state index contributed by atoms with van der Waals surface area (Å²) in [5, 5.41) is 32.7. The minimum absolute atomic E-state index is 0.160. The van der Waals surface area contributed by atoms with Crippen molar-refractivity contribution in [1.29, 1.82) is 5.41 Å². The fourth-order valence-corrected chi connectivity index (χ4v) is 1.72. The van der Waals surface area contributed by atoms with Crippen LogP contribution in [0.2, 0.25) is 0 Å². The Morgan fingerprint density at radius 1 is 1.20 bits per heavy atom. The van der Waals surface area contributed by atoms with Crippen LogP contribution in [0.5, 0.6) is 0 Å². The van der Waals surface area contributed by atoms with Crippen LogP contribution in [0.1, 0.15) is 12.8 Å². The normalized spacial score (nSPS) is 20.6. The molecule has 20 heavy (non-hydrogen) atoms. The first kappa shape index (κ1) is 15.4. The van der Waals surface area contributed by atoms with E-state index in [1.54, 1.807) is 12.2 Å². The van der Waals surface area contributed by atoms with Gasteiger partial charge >= 0.3 is 11.9 Å². The molecule has 0 bridgehead atoms. The van der Waals surface area contributed by atoms with Crippen molar-refractivity contribution < 1.29 is 25.0 Å². The van der Waals surface area contributed by atoms with Crippen LogP contribution in [0.3, 0.4) is 0 Å². The fraction of sp³-hybridized carbons (Fsp3) is 0.333. The molecule has 0 fully saturated rings. The molecule has 1 aromatic heterocycles. The Bertz CT molecular complexity index is 542. The summed E-state index contributed by atoms with van der Waals surface area (Å²) in [7, 11) is 0. The predicted octanol–water partition coefficient (Wildman–Crippen LogP) is 0.338. The molecular weight excluding hydrogens is 266 g/mol. The van der Waals surface area contributed by atoms with Crippen LogP contribution in [-0.2, 0) is 9.59 Å². The number of rotatable bonds is 2. The molecule has 1 aromatic rings. The van der Waals surface area contributed by atoms with Crippen molar-refractivity contribution in [2.45, 2.75) is 12.8 Å². The molecule has 0 unspecified atom stereocenters. The van der Waals surface area contributed by atoms with Gasteiger partial charge < -0.3 is 15.4 Å². The van der Waals surface area contributed by atoms with Crippen LogP contribution < -0.4 is 5.62 Å². The lowest BCUT2D eigenvalue weighted by Gasteiger charge is -2.20. The van der Waals surface area contributed by atoms with Gasteiger partial charge in [-0.1, -0.05) is 12.2 Å². The molecule has 4 N–H and O–H groups in total. The topological polar surface area (TPSA) is 136 Å². The van der Waals surface area contributed by atoms with Crippen molar-refractivity contribution in [3.05, 3.63) is 36.2 Å². The maximum atomic E-state index is 10.6. The van der Waals surface area contributed by atoms with E-state index < -0.39 is 23.8 Å². The number of carboxylic acids is 2. The lowest BCUT2D eigenvalue weighted by atomic mass is 9.83. The van der Waals surface area contributed by atoms with Gasteiger partial charge in [-0.2, -0.15) is 4.73 Å². The van der Waals surface area contributed by atoms with Crippen LogP contribution in [-0.4, -0.2) is 37.1 Å². The average molecular weight is 281 g/mol. The summed E-state index contributed by atoms with van der Waals surface area (Å²) in [6.45, 7) is 0. The molecule has 0 saturated carbocycles. The van der Waals surface area contributed by atoms with Gasteiger partial charge in [-0.25, -0.2) is 4.98 Å². The van der Waals surface area contributed by atoms with Crippen molar-refractivity contribution >= 4 is 11.9 Å². The molecule has 0 aromatic carbocycles. The number of nitrogens with one attached hydrogen (secondary N) is 1. The van der Waals surface area contributed by atoms with Crippen LogP contribution >= 0.6 is 0 Å². The highest BCUT2D eigenvalue weighted by atomic mass is 16.5. The van der Waals surface area contributed by atoms with Crippen LogP contribution in [0.4, 0.5) is 0 Å². The number of hydrogen-bond donors (Lipinski definition) is 4. The van der Waals surface area contributed by atoms with Gasteiger partial charge in [0, 0.05) is 12.4 Å². The van der Waals surface area contributed by atoms with Gasteiger partial charge in [0.1, 0.15) is 0 Å². The number of aliphatic carboxylic acids is 2. The van der Waals surface area contributed by atoms with E-state index in [1.165, 1.54) is 18.5 Å².